The van der Waals surface area contributed by atoms with E-state index in [1.807, 2.05) is 0 Å². The molecule has 0 unspecified atom stereocenters. The quantitative estimate of drug-likeness (QED) is 0.664. The first-order valence-electron chi connectivity index (χ1n) is 9.74. The molecule has 0 aromatic heterocycles. The van der Waals surface area contributed by atoms with Crippen molar-refractivity contribution in [3.63, 3.8) is 0 Å². The normalized spacial score (nSPS) is 13.0. The van der Waals surface area contributed by atoms with Gasteiger partial charge in [-0.25, -0.2) is 9.18 Å². The predicted octanol–water partition coefficient (Wildman–Crippen LogP) is 4.07. The van der Waals surface area contributed by atoms with Gasteiger partial charge in [0.15, 0.2) is 6.61 Å². The Balaban J connectivity index is 1.62. The van der Waals surface area contributed by atoms with Crippen LogP contribution in [-0.2, 0) is 20.7 Å². The summed E-state index contributed by atoms with van der Waals surface area (Å²) in [5.41, 5.74) is 1.21. The van der Waals surface area contributed by atoms with Crippen molar-refractivity contribution < 1.29 is 28.2 Å². The van der Waals surface area contributed by atoms with Crippen LogP contribution in [0.2, 0.25) is 0 Å². The summed E-state index contributed by atoms with van der Waals surface area (Å²) in [4.78, 5) is 35.8. The van der Waals surface area contributed by atoms with Gasteiger partial charge in [0.05, 0.1) is 11.4 Å². The molecule has 0 bridgehead atoms. The van der Waals surface area contributed by atoms with Crippen LogP contribution >= 0.6 is 0 Å². The molecule has 0 atom stereocenters. The number of ether oxygens (including phenoxy) is 2. The summed E-state index contributed by atoms with van der Waals surface area (Å²) < 4.78 is 24.4. The maximum Gasteiger partial charge on any atom is 0.412 e. The van der Waals surface area contributed by atoms with E-state index in [0.29, 0.717) is 18.6 Å². The highest BCUT2D eigenvalue weighted by Gasteiger charge is 2.19. The number of carbonyl (C=O) groups excluding carboxylic acids is 3. The lowest BCUT2D eigenvalue weighted by molar-refractivity contribution is -0.118. The largest absolute Gasteiger partial charge is 0.484 e. The van der Waals surface area contributed by atoms with Crippen LogP contribution in [0.25, 0.3) is 0 Å². The molecule has 0 saturated heterocycles. The minimum atomic E-state index is -0.730. The summed E-state index contributed by atoms with van der Waals surface area (Å²) in [5, 5.41) is 7.79. The van der Waals surface area contributed by atoms with Gasteiger partial charge < -0.3 is 20.1 Å². The Hall–Kier alpha value is -3.62. The average Bonchev–Trinajstić information content (AvgIpc) is 2.67. The predicted molar refractivity (Wildman–Crippen MR) is 114 cm³/mol. The molecular formula is C22H24FN3O5. The molecule has 8 nitrogen and oxygen atoms in total. The first-order chi connectivity index (χ1) is 14.6. The monoisotopic (exact) mass is 429 g/mol. The van der Waals surface area contributed by atoms with Gasteiger partial charge in [0.1, 0.15) is 17.2 Å². The number of aryl methyl sites for hydroxylation is 1. The number of halogens is 1. The molecule has 1 heterocycles. The van der Waals surface area contributed by atoms with Gasteiger partial charge in [0, 0.05) is 12.1 Å². The second-order valence-corrected chi connectivity index (χ2v) is 8.02. The lowest BCUT2D eigenvalue weighted by Gasteiger charge is -2.20. The number of rotatable bonds is 5. The minimum absolute atomic E-state index is 0.0357. The molecule has 1 aliphatic rings. The lowest BCUT2D eigenvalue weighted by atomic mass is 10.0. The van der Waals surface area contributed by atoms with Crippen molar-refractivity contribution in [3.05, 3.63) is 47.8 Å². The third-order valence-electron chi connectivity index (χ3n) is 4.23. The zero-order valence-electron chi connectivity index (χ0n) is 17.5. The Morgan fingerprint density at radius 2 is 1.84 bits per heavy atom. The van der Waals surface area contributed by atoms with Gasteiger partial charge in [-0.1, -0.05) is 0 Å². The summed E-state index contributed by atoms with van der Waals surface area (Å²) in [5.74, 6) is -0.686. The number of anilines is 3. The molecule has 0 saturated carbocycles. The molecule has 0 fully saturated rings. The second-order valence-electron chi connectivity index (χ2n) is 8.02. The zero-order chi connectivity index (χ0) is 22.6. The highest BCUT2D eigenvalue weighted by molar-refractivity contribution is 5.98. The fourth-order valence-corrected chi connectivity index (χ4v) is 2.93. The molecule has 2 aromatic carbocycles. The van der Waals surface area contributed by atoms with Crippen molar-refractivity contribution >= 4 is 35.0 Å². The Morgan fingerprint density at radius 1 is 1.06 bits per heavy atom. The van der Waals surface area contributed by atoms with E-state index < -0.39 is 23.4 Å². The summed E-state index contributed by atoms with van der Waals surface area (Å²) >= 11 is 0. The lowest BCUT2D eigenvalue weighted by Crippen LogP contribution is -2.28. The fourth-order valence-electron chi connectivity index (χ4n) is 2.93. The van der Waals surface area contributed by atoms with Crippen molar-refractivity contribution in [2.75, 3.05) is 22.6 Å². The number of nitrogens with one attached hydrogen (secondary N) is 3. The minimum Gasteiger partial charge on any atom is -0.484 e. The number of hydrogen-bond donors (Lipinski definition) is 3. The van der Waals surface area contributed by atoms with Gasteiger partial charge in [-0.05, 0) is 69.2 Å². The molecule has 1 aliphatic heterocycles. The first kappa shape index (κ1) is 22.1. The van der Waals surface area contributed by atoms with Crippen molar-refractivity contribution in [3.8, 4) is 5.75 Å². The van der Waals surface area contributed by atoms with Crippen LogP contribution in [-0.4, -0.2) is 30.1 Å². The van der Waals surface area contributed by atoms with E-state index in [1.165, 1.54) is 6.07 Å². The number of hydrogen-bond acceptors (Lipinski definition) is 5. The van der Waals surface area contributed by atoms with Gasteiger partial charge in [-0.15, -0.1) is 0 Å². The van der Waals surface area contributed by atoms with Gasteiger partial charge in [-0.3, -0.25) is 14.9 Å². The van der Waals surface area contributed by atoms with E-state index in [-0.39, 0.29) is 23.9 Å². The molecule has 31 heavy (non-hydrogen) atoms. The van der Waals surface area contributed by atoms with Crippen LogP contribution in [0.15, 0.2) is 36.4 Å². The number of amides is 3. The third kappa shape index (κ3) is 6.43. The molecule has 164 valence electrons. The number of carbonyl (C=O) groups is 3. The van der Waals surface area contributed by atoms with Crippen LogP contribution in [0.4, 0.5) is 26.2 Å². The van der Waals surface area contributed by atoms with Crippen LogP contribution in [0.5, 0.6) is 5.75 Å². The van der Waals surface area contributed by atoms with Crippen LogP contribution in [0.1, 0.15) is 32.8 Å². The van der Waals surface area contributed by atoms with E-state index in [4.69, 9.17) is 9.47 Å². The Labute approximate surface area is 179 Å². The molecule has 0 spiro atoms. The van der Waals surface area contributed by atoms with E-state index >= 15 is 0 Å². The van der Waals surface area contributed by atoms with Crippen LogP contribution in [0.3, 0.4) is 0 Å². The zero-order valence-corrected chi connectivity index (χ0v) is 17.5. The van der Waals surface area contributed by atoms with E-state index in [0.717, 1.165) is 23.4 Å². The highest BCUT2D eigenvalue weighted by Crippen LogP contribution is 2.27. The van der Waals surface area contributed by atoms with Gasteiger partial charge in [0.25, 0.3) is 5.91 Å². The number of fused-ring (bicyclic) bond motifs is 1. The van der Waals surface area contributed by atoms with E-state index in [9.17, 15) is 18.8 Å². The summed E-state index contributed by atoms with van der Waals surface area (Å²) in [6.45, 7) is 4.82. The van der Waals surface area contributed by atoms with Gasteiger partial charge in [-0.2, -0.15) is 0 Å². The third-order valence-corrected chi connectivity index (χ3v) is 4.23. The van der Waals surface area contributed by atoms with Gasteiger partial charge in [0.2, 0.25) is 5.91 Å². The molecular weight excluding hydrogens is 405 g/mol. The second kappa shape index (κ2) is 9.03. The molecule has 3 amide bonds. The van der Waals surface area contributed by atoms with E-state index in [2.05, 4.69) is 16.0 Å². The molecule has 0 radical (unpaired) electrons. The number of benzene rings is 2. The van der Waals surface area contributed by atoms with Crippen molar-refractivity contribution in [2.24, 2.45) is 0 Å². The van der Waals surface area contributed by atoms with Gasteiger partial charge >= 0.3 is 6.09 Å². The molecule has 9 heteroatoms. The Bertz CT molecular complexity index is 1020. The average molecular weight is 429 g/mol. The van der Waals surface area contributed by atoms with E-state index in [1.54, 1.807) is 39.0 Å². The topological polar surface area (TPSA) is 106 Å². The van der Waals surface area contributed by atoms with Crippen molar-refractivity contribution in [2.45, 2.75) is 39.2 Å². The van der Waals surface area contributed by atoms with Crippen LogP contribution in [0, 0.1) is 5.82 Å². The molecule has 2 aromatic rings. The maximum absolute atomic E-state index is 13.7. The summed E-state index contributed by atoms with van der Waals surface area (Å²) in [7, 11) is 0. The standard InChI is InChI=1S/C22H24FN3O5/c1-22(2,3)31-21(29)26-17-7-5-14(23)11-18(17)25-20(28)12-30-15-6-8-16-13(10-15)4-9-19(27)24-16/h5-8,10-11H,4,9,12H2,1-3H3,(H,24,27)(H,25,28)(H,26,29). The molecule has 0 aliphatic carbocycles. The molecule has 3 N–H and O–H groups in total. The van der Waals surface area contributed by atoms with Crippen molar-refractivity contribution in [1.29, 1.82) is 0 Å². The Morgan fingerprint density at radius 3 is 2.58 bits per heavy atom. The molecule has 3 rings (SSSR count). The fraction of sp³-hybridized carbons (Fsp3) is 0.318. The summed E-state index contributed by atoms with van der Waals surface area (Å²) in [6, 6.07) is 8.70. The highest BCUT2D eigenvalue weighted by atomic mass is 19.1. The van der Waals surface area contributed by atoms with Crippen LogP contribution < -0.4 is 20.7 Å². The SMILES string of the molecule is CC(C)(C)OC(=O)Nc1ccc(F)cc1NC(=O)COc1ccc2c(c1)CCC(=O)N2. The Kier molecular flexibility index (Phi) is 6.43. The maximum atomic E-state index is 13.7. The smallest absolute Gasteiger partial charge is 0.412 e. The van der Waals surface area contributed by atoms with Crippen molar-refractivity contribution in [1.82, 2.24) is 0 Å². The summed E-state index contributed by atoms with van der Waals surface area (Å²) in [6.07, 6.45) is 0.254. The first-order valence-corrected chi connectivity index (χ1v) is 9.74.